The largest absolute Gasteiger partial charge is 0.431 e. The molecule has 10 N–H and O–H groups in total. The minimum atomic E-state index is -3.66. The van der Waals surface area contributed by atoms with E-state index in [-0.39, 0.29) is 0 Å². The van der Waals surface area contributed by atoms with Crippen LogP contribution in [0.15, 0.2) is 109 Å². The van der Waals surface area contributed by atoms with Gasteiger partial charge in [0.05, 0.1) is 0 Å². The van der Waals surface area contributed by atoms with Gasteiger partial charge in [-0.1, -0.05) is 54.6 Å². The maximum Gasteiger partial charge on any atom is 0.331 e. The zero-order valence-corrected chi connectivity index (χ0v) is 21.4. The Labute approximate surface area is 197 Å². The summed E-state index contributed by atoms with van der Waals surface area (Å²) < 4.78 is 35.6. The van der Waals surface area contributed by atoms with Gasteiger partial charge in [-0.3, -0.25) is 11.0 Å². The number of rotatable bonds is 6. The fraction of sp³-hybridized carbons (Fsp3) is 0. The van der Waals surface area contributed by atoms with E-state index in [1.54, 1.807) is 72.8 Å². The van der Waals surface area contributed by atoms with Crippen LogP contribution in [0.4, 0.5) is 0 Å². The lowest BCUT2D eigenvalue weighted by Crippen LogP contribution is -2.13. The van der Waals surface area contributed by atoms with E-state index in [2.05, 4.69) is 18.1 Å². The van der Waals surface area contributed by atoms with Crippen molar-refractivity contribution < 1.29 is 13.6 Å². The quantitative estimate of drug-likeness (QED) is 0.241. The van der Waals surface area contributed by atoms with Crippen LogP contribution in [-0.2, 0) is 0 Å². The number of para-hydroxylation sites is 3. The van der Waals surface area contributed by atoms with Crippen molar-refractivity contribution in [2.45, 2.75) is 0 Å². The van der Waals surface area contributed by atoms with E-state index >= 15 is 0 Å². The van der Waals surface area contributed by atoms with E-state index in [0.717, 1.165) is 0 Å². The van der Waals surface area contributed by atoms with Crippen molar-refractivity contribution in [3.8, 4) is 17.2 Å². The number of benzene rings is 3. The Hall–Kier alpha value is -2.22. The van der Waals surface area contributed by atoms with Gasteiger partial charge in [-0.05, 0) is 36.4 Å². The van der Waals surface area contributed by atoms with Gasteiger partial charge in [0.15, 0.2) is 0 Å². The van der Waals surface area contributed by atoms with Gasteiger partial charge in [0.2, 0.25) is 7.51 Å². The van der Waals surface area contributed by atoms with E-state index in [0.29, 0.717) is 17.2 Å². The minimum Gasteiger partial charge on any atom is -0.431 e. The monoisotopic (exact) mass is 539 g/mol. The van der Waals surface area contributed by atoms with E-state index in [4.69, 9.17) is 41.1 Å². The van der Waals surface area contributed by atoms with E-state index in [1.807, 2.05) is 18.2 Å². The van der Waals surface area contributed by atoms with Crippen molar-refractivity contribution in [1.82, 2.24) is 0 Å². The zero-order valence-electron chi connectivity index (χ0n) is 17.8. The maximum absolute atomic E-state index is 6.61. The molecule has 1 heterocycles. The highest BCUT2D eigenvalue weighted by Gasteiger charge is 2.34. The third-order valence-electron chi connectivity index (χ3n) is 4.00. The fourth-order valence-corrected chi connectivity index (χ4v) is 13.1. The molecule has 4 rings (SSSR count). The summed E-state index contributed by atoms with van der Waals surface area (Å²) in [4.78, 5) is 0. The normalized spacial score (nSPS) is 27.9. The summed E-state index contributed by atoms with van der Waals surface area (Å²) in [5.74, 6) is 1.18. The highest BCUT2D eigenvalue weighted by atomic mass is 31.3. The molecule has 0 spiro atoms. The Morgan fingerprint density at radius 1 is 0.412 bits per heavy atom. The Balaban J connectivity index is 1.90. The van der Waals surface area contributed by atoms with Crippen LogP contribution in [0.2, 0.25) is 0 Å². The van der Waals surface area contributed by atoms with Gasteiger partial charge >= 0.3 is 22.7 Å². The summed E-state index contributed by atoms with van der Waals surface area (Å²) in [5.41, 5.74) is 32.1. The van der Waals surface area contributed by atoms with Crippen LogP contribution in [0, 0.1) is 0 Å². The lowest BCUT2D eigenvalue weighted by atomic mass is 10.3. The van der Waals surface area contributed by atoms with Gasteiger partial charge in [0.25, 0.3) is 0 Å². The number of hydrogen-bond acceptors (Lipinski definition) is 12. The van der Waals surface area contributed by atoms with Crippen molar-refractivity contribution in [2.24, 2.45) is 45.6 Å². The maximum atomic E-state index is 6.61. The highest BCUT2D eigenvalue weighted by Crippen LogP contribution is 2.69. The second-order valence-electron chi connectivity index (χ2n) is 7.04. The molecule has 16 heteroatoms. The summed E-state index contributed by atoms with van der Waals surface area (Å²) in [6.07, 6.45) is 0. The standard InChI is InChI=1S/C18H25N9O3P4/c19-31(20)24-32(21,28-16-10-4-1-5-11-16)26-34(23,30-18-14-8-3-9-15-18)27-33(22,25-31)29-17-12-6-2-7-13-17/h1-15H,19-23H2. The van der Waals surface area contributed by atoms with Crippen molar-refractivity contribution in [1.29, 1.82) is 0 Å². The molecule has 12 nitrogen and oxygen atoms in total. The molecular weight excluding hydrogens is 514 g/mol. The van der Waals surface area contributed by atoms with Crippen LogP contribution < -0.4 is 41.1 Å². The van der Waals surface area contributed by atoms with Crippen molar-refractivity contribution in [3.63, 3.8) is 0 Å². The van der Waals surface area contributed by atoms with E-state index in [1.165, 1.54) is 0 Å². The van der Waals surface area contributed by atoms with Crippen molar-refractivity contribution in [3.05, 3.63) is 91.0 Å². The fourth-order valence-electron chi connectivity index (χ4n) is 2.87. The van der Waals surface area contributed by atoms with Gasteiger partial charge in [0, 0.05) is 0 Å². The van der Waals surface area contributed by atoms with Crippen LogP contribution in [0.25, 0.3) is 0 Å². The second-order valence-corrected chi connectivity index (χ2v) is 15.4. The first-order chi connectivity index (χ1) is 16.1. The molecule has 3 atom stereocenters. The molecule has 0 saturated heterocycles. The summed E-state index contributed by atoms with van der Waals surface area (Å²) in [7, 11) is -14.4. The van der Waals surface area contributed by atoms with Gasteiger partial charge in [-0.15, -0.1) is 9.03 Å². The Morgan fingerprint density at radius 2 is 0.706 bits per heavy atom. The van der Waals surface area contributed by atoms with Gasteiger partial charge in [0.1, 0.15) is 17.2 Å². The van der Waals surface area contributed by atoms with Crippen LogP contribution in [0.5, 0.6) is 17.2 Å². The summed E-state index contributed by atoms with van der Waals surface area (Å²) in [5, 5.41) is 0. The first kappa shape index (κ1) is 24.9. The first-order valence-electron chi connectivity index (χ1n) is 9.78. The third kappa shape index (κ3) is 6.68. The average molecular weight is 539 g/mol. The second kappa shape index (κ2) is 9.80. The highest BCUT2D eigenvalue weighted by molar-refractivity contribution is 7.81. The molecule has 3 aromatic rings. The molecule has 3 unspecified atom stereocenters. The summed E-state index contributed by atoms with van der Waals surface area (Å²) >= 11 is 0. The third-order valence-corrected chi connectivity index (χ3v) is 13.9. The summed E-state index contributed by atoms with van der Waals surface area (Å²) in [6, 6.07) is 26.2. The lowest BCUT2D eigenvalue weighted by Gasteiger charge is -2.28. The van der Waals surface area contributed by atoms with Crippen LogP contribution >= 0.6 is 30.3 Å². The zero-order chi connectivity index (χ0) is 24.3. The number of nitrogens with zero attached hydrogens (tertiary/aromatic N) is 4. The minimum absolute atomic E-state index is 0.394. The lowest BCUT2D eigenvalue weighted by molar-refractivity contribution is 0.588. The molecule has 1 aliphatic rings. The summed E-state index contributed by atoms with van der Waals surface area (Å²) in [6.45, 7) is 0. The molecule has 34 heavy (non-hydrogen) atoms. The molecule has 0 aromatic heterocycles. The van der Waals surface area contributed by atoms with Crippen LogP contribution in [0.1, 0.15) is 0 Å². The van der Waals surface area contributed by atoms with Gasteiger partial charge in [-0.2, -0.15) is 9.03 Å². The molecule has 0 bridgehead atoms. The smallest absolute Gasteiger partial charge is 0.331 e. The van der Waals surface area contributed by atoms with Gasteiger partial charge < -0.3 is 13.6 Å². The predicted octanol–water partition coefficient (Wildman–Crippen LogP) is 5.82. The molecule has 0 fully saturated rings. The van der Waals surface area contributed by atoms with Gasteiger partial charge in [-0.25, -0.2) is 16.5 Å². The molecule has 0 saturated carbocycles. The molecule has 1 aliphatic heterocycles. The SMILES string of the molecule is NP1(N)=NP(N)(Oc2ccccc2)=NP(N)(Oc2ccccc2)=NP(N)(Oc2ccccc2)=N1. The topological polar surface area (TPSA) is 207 Å². The van der Waals surface area contributed by atoms with E-state index < -0.39 is 30.3 Å². The predicted molar refractivity (Wildman–Crippen MR) is 140 cm³/mol. The Morgan fingerprint density at radius 3 is 1.06 bits per heavy atom. The van der Waals surface area contributed by atoms with Crippen LogP contribution in [0.3, 0.4) is 0 Å². The Kier molecular flexibility index (Phi) is 7.17. The molecule has 180 valence electrons. The molecule has 0 radical (unpaired) electrons. The van der Waals surface area contributed by atoms with Crippen molar-refractivity contribution >= 4 is 30.3 Å². The molecule has 3 aromatic carbocycles. The average Bonchev–Trinajstić information content (AvgIpc) is 2.73. The Bertz CT molecular complexity index is 1340. The van der Waals surface area contributed by atoms with E-state index in [9.17, 15) is 0 Å². The van der Waals surface area contributed by atoms with Crippen molar-refractivity contribution in [2.75, 3.05) is 0 Å². The first-order valence-corrected chi connectivity index (χ1v) is 16.7. The molecule has 0 amide bonds. The van der Waals surface area contributed by atoms with Crippen LogP contribution in [-0.4, -0.2) is 0 Å². The number of hydrogen-bond donors (Lipinski definition) is 5. The molecular formula is C18H25N9O3P4. The number of nitrogens with two attached hydrogens (primary N) is 5. The molecule has 0 aliphatic carbocycles.